The molecule has 3 heterocycles. The zero-order valence-electron chi connectivity index (χ0n) is 21.0. The summed E-state index contributed by atoms with van der Waals surface area (Å²) in [7, 11) is 0. The van der Waals surface area contributed by atoms with E-state index in [1.807, 2.05) is 50.7 Å². The quantitative estimate of drug-likeness (QED) is 0.489. The van der Waals surface area contributed by atoms with Crippen LogP contribution < -0.4 is 0 Å². The number of hydrogen-bond acceptors (Lipinski definition) is 7. The normalized spacial score (nSPS) is 33.9. The van der Waals surface area contributed by atoms with Gasteiger partial charge in [0.05, 0.1) is 36.4 Å². The van der Waals surface area contributed by atoms with E-state index in [-0.39, 0.29) is 43.1 Å². The van der Waals surface area contributed by atoms with Crippen LogP contribution in [0.1, 0.15) is 65.4 Å². The molecule has 0 aromatic heterocycles. The summed E-state index contributed by atoms with van der Waals surface area (Å²) in [6.07, 6.45) is 3.97. The first-order valence-electron chi connectivity index (χ1n) is 12.7. The third kappa shape index (κ3) is 6.16. The van der Waals surface area contributed by atoms with Crippen LogP contribution in [0.5, 0.6) is 0 Å². The van der Waals surface area contributed by atoms with Gasteiger partial charge in [-0.3, -0.25) is 4.79 Å². The Balaban J connectivity index is 1.54. The Bertz CT molecular complexity index is 796. The summed E-state index contributed by atoms with van der Waals surface area (Å²) < 4.78 is 31.8. The first-order chi connectivity index (χ1) is 16.3. The van der Waals surface area contributed by atoms with E-state index in [0.29, 0.717) is 6.61 Å². The highest BCUT2D eigenvalue weighted by Crippen LogP contribution is 2.48. The van der Waals surface area contributed by atoms with Crippen molar-refractivity contribution >= 4 is 17.7 Å². The van der Waals surface area contributed by atoms with Gasteiger partial charge in [0.2, 0.25) is 0 Å². The molecule has 4 rings (SSSR count). The summed E-state index contributed by atoms with van der Waals surface area (Å²) in [5, 5.41) is 0. The van der Waals surface area contributed by atoms with Gasteiger partial charge in [-0.1, -0.05) is 37.3 Å². The number of carbonyl (C=O) groups is 1. The van der Waals surface area contributed by atoms with Crippen molar-refractivity contribution in [2.75, 3.05) is 19.0 Å². The van der Waals surface area contributed by atoms with Crippen LogP contribution in [0.15, 0.2) is 30.3 Å². The van der Waals surface area contributed by atoms with Crippen LogP contribution >= 0.6 is 11.8 Å². The Kier molecular flexibility index (Phi) is 8.62. The summed E-state index contributed by atoms with van der Waals surface area (Å²) in [6, 6.07) is 10.2. The third-order valence-electron chi connectivity index (χ3n) is 6.89. The molecule has 190 valence electrons. The lowest BCUT2D eigenvalue weighted by Crippen LogP contribution is -2.57. The minimum absolute atomic E-state index is 0.0592. The van der Waals surface area contributed by atoms with Gasteiger partial charge in [-0.15, -0.1) is 11.8 Å². The number of rotatable bonds is 7. The minimum Gasteiger partial charge on any atom is -0.462 e. The molecule has 1 aromatic carbocycles. The van der Waals surface area contributed by atoms with Gasteiger partial charge >= 0.3 is 5.97 Å². The molecule has 3 fully saturated rings. The molecule has 3 aliphatic rings. The standard InChI is InChI=1S/C27H40O6S/c1-5-34-27-14-13-20(30-17-19-10-7-6-8-11-19)23(18-31-25(28)26(2,3)4)32-24(27)16-22-21(33-27)12-9-15-29-22/h6-8,10-11,20-24H,5,9,12-18H2,1-4H3/t20-,21-,22+,23+,24-,27-/m0/s1. The maximum Gasteiger partial charge on any atom is 0.311 e. The van der Waals surface area contributed by atoms with E-state index in [1.165, 1.54) is 0 Å². The van der Waals surface area contributed by atoms with Gasteiger partial charge in [0, 0.05) is 13.0 Å². The van der Waals surface area contributed by atoms with Gasteiger partial charge in [0.15, 0.2) is 0 Å². The number of esters is 1. The lowest BCUT2D eigenvalue weighted by atomic mass is 9.91. The second kappa shape index (κ2) is 11.3. The van der Waals surface area contributed by atoms with E-state index in [2.05, 4.69) is 19.1 Å². The van der Waals surface area contributed by atoms with Crippen LogP contribution in [0.2, 0.25) is 0 Å². The molecule has 6 nitrogen and oxygen atoms in total. The molecule has 3 aliphatic heterocycles. The summed E-state index contributed by atoms with van der Waals surface area (Å²) in [5.41, 5.74) is 0.548. The fourth-order valence-electron chi connectivity index (χ4n) is 5.03. The summed E-state index contributed by atoms with van der Waals surface area (Å²) in [6.45, 7) is 9.21. The first kappa shape index (κ1) is 26.0. The van der Waals surface area contributed by atoms with Gasteiger partial charge in [-0.2, -0.15) is 0 Å². The molecular weight excluding hydrogens is 452 g/mol. The predicted octanol–water partition coefficient (Wildman–Crippen LogP) is 5.13. The maximum atomic E-state index is 12.5. The predicted molar refractivity (Wildman–Crippen MR) is 133 cm³/mol. The van der Waals surface area contributed by atoms with Crippen molar-refractivity contribution in [3.05, 3.63) is 35.9 Å². The van der Waals surface area contributed by atoms with Gasteiger partial charge < -0.3 is 23.7 Å². The number of fused-ring (bicyclic) bond motifs is 2. The molecule has 0 spiro atoms. The number of carbonyl (C=O) groups excluding carboxylic acids is 1. The van der Waals surface area contributed by atoms with E-state index in [1.54, 1.807) is 0 Å². The van der Waals surface area contributed by atoms with Crippen LogP contribution in [0.3, 0.4) is 0 Å². The van der Waals surface area contributed by atoms with Crippen molar-refractivity contribution in [2.24, 2.45) is 5.41 Å². The second-order valence-electron chi connectivity index (χ2n) is 10.6. The summed E-state index contributed by atoms with van der Waals surface area (Å²) in [4.78, 5) is 12.1. The highest BCUT2D eigenvalue weighted by molar-refractivity contribution is 8.00. The Morgan fingerprint density at radius 3 is 2.71 bits per heavy atom. The zero-order valence-corrected chi connectivity index (χ0v) is 21.8. The van der Waals surface area contributed by atoms with E-state index >= 15 is 0 Å². The van der Waals surface area contributed by atoms with Crippen LogP contribution in [-0.2, 0) is 35.1 Å². The van der Waals surface area contributed by atoms with Gasteiger partial charge in [-0.05, 0) is 57.8 Å². The molecule has 0 aliphatic carbocycles. The molecule has 7 heteroatoms. The second-order valence-corrected chi connectivity index (χ2v) is 12.1. The fraction of sp³-hybridized carbons (Fsp3) is 0.741. The molecule has 34 heavy (non-hydrogen) atoms. The molecule has 6 atom stereocenters. The molecule has 1 aromatic rings. The van der Waals surface area contributed by atoms with Crippen LogP contribution in [-0.4, -0.2) is 60.4 Å². The number of hydrogen-bond donors (Lipinski definition) is 0. The zero-order chi connectivity index (χ0) is 24.2. The van der Waals surface area contributed by atoms with Crippen molar-refractivity contribution in [1.29, 1.82) is 0 Å². The molecular formula is C27H40O6S. The lowest BCUT2D eigenvalue weighted by Gasteiger charge is -2.50. The topological polar surface area (TPSA) is 63.2 Å². The van der Waals surface area contributed by atoms with E-state index < -0.39 is 10.3 Å². The van der Waals surface area contributed by atoms with Gasteiger partial charge in [0.25, 0.3) is 0 Å². The maximum absolute atomic E-state index is 12.5. The van der Waals surface area contributed by atoms with Gasteiger partial charge in [0.1, 0.15) is 17.6 Å². The van der Waals surface area contributed by atoms with E-state index in [4.69, 9.17) is 23.7 Å². The van der Waals surface area contributed by atoms with Crippen LogP contribution in [0.25, 0.3) is 0 Å². The van der Waals surface area contributed by atoms with Crippen molar-refractivity contribution in [1.82, 2.24) is 0 Å². The molecule has 0 amide bonds. The molecule has 0 unspecified atom stereocenters. The highest BCUT2D eigenvalue weighted by Gasteiger charge is 2.54. The minimum atomic E-state index is -0.565. The van der Waals surface area contributed by atoms with E-state index in [9.17, 15) is 4.79 Å². The molecule has 3 saturated heterocycles. The van der Waals surface area contributed by atoms with Crippen LogP contribution in [0.4, 0.5) is 0 Å². The molecule has 0 bridgehead atoms. The molecule has 0 radical (unpaired) electrons. The Morgan fingerprint density at radius 2 is 1.97 bits per heavy atom. The van der Waals surface area contributed by atoms with Gasteiger partial charge in [-0.25, -0.2) is 0 Å². The van der Waals surface area contributed by atoms with Crippen molar-refractivity contribution < 1.29 is 28.5 Å². The number of benzene rings is 1. The third-order valence-corrected chi connectivity index (χ3v) is 8.23. The van der Waals surface area contributed by atoms with E-state index in [0.717, 1.165) is 50.0 Å². The summed E-state index contributed by atoms with van der Waals surface area (Å²) >= 11 is 1.83. The average Bonchev–Trinajstić information content (AvgIpc) is 2.96. The van der Waals surface area contributed by atoms with Crippen LogP contribution in [0, 0.1) is 5.41 Å². The smallest absolute Gasteiger partial charge is 0.311 e. The molecule has 0 N–H and O–H groups in total. The SMILES string of the molecule is CCS[C@@]12CC[C@H](OCc3ccccc3)[C@@H](COC(=O)C(C)(C)C)O[C@H]1C[C@H]1OCCC[C@@H]1O2. The fourth-order valence-corrected chi connectivity index (χ4v) is 6.31. The Morgan fingerprint density at radius 1 is 1.18 bits per heavy atom. The Labute approximate surface area is 208 Å². The lowest BCUT2D eigenvalue weighted by molar-refractivity contribution is -0.237. The van der Waals surface area contributed by atoms with Crippen molar-refractivity contribution in [3.63, 3.8) is 0 Å². The van der Waals surface area contributed by atoms with Crippen molar-refractivity contribution in [3.8, 4) is 0 Å². The first-order valence-corrected chi connectivity index (χ1v) is 13.7. The summed E-state index contributed by atoms with van der Waals surface area (Å²) in [5.74, 6) is 0.712. The largest absolute Gasteiger partial charge is 0.462 e. The van der Waals surface area contributed by atoms with Crippen molar-refractivity contribution in [2.45, 2.75) is 102 Å². The average molecular weight is 493 g/mol. The monoisotopic (exact) mass is 492 g/mol. The Hall–Kier alpha value is -1.12. The highest BCUT2D eigenvalue weighted by atomic mass is 32.2. The number of ether oxygens (including phenoxy) is 5. The number of thioether (sulfide) groups is 1. The molecule has 0 saturated carbocycles.